The summed E-state index contributed by atoms with van der Waals surface area (Å²) in [4.78, 5) is 42.9. The van der Waals surface area contributed by atoms with Crippen molar-refractivity contribution in [2.24, 2.45) is 0 Å². The summed E-state index contributed by atoms with van der Waals surface area (Å²) in [6, 6.07) is 14.9. The highest BCUT2D eigenvalue weighted by atomic mass is 19.1. The van der Waals surface area contributed by atoms with Gasteiger partial charge in [-0.15, -0.1) is 0 Å². The molecule has 2 N–H and O–H groups in total. The quantitative estimate of drug-likeness (QED) is 0.373. The molecular formula is C34H41FN8O5. The summed E-state index contributed by atoms with van der Waals surface area (Å²) >= 11 is 0. The highest BCUT2D eigenvalue weighted by molar-refractivity contribution is 5.80. The number of aliphatic hydroxyl groups excluding tert-OH is 1. The minimum atomic E-state index is -1.48. The minimum Gasteiger partial charge on any atom is -0.486 e. The summed E-state index contributed by atoms with van der Waals surface area (Å²) in [7, 11) is 0. The number of alkyl halides is 1. The van der Waals surface area contributed by atoms with Crippen molar-refractivity contribution in [1.29, 1.82) is 5.26 Å². The number of aliphatic hydroxyl groups is 1. The monoisotopic (exact) mass is 660 g/mol. The van der Waals surface area contributed by atoms with E-state index in [4.69, 9.17) is 9.47 Å². The van der Waals surface area contributed by atoms with Crippen molar-refractivity contribution in [1.82, 2.24) is 24.8 Å². The van der Waals surface area contributed by atoms with E-state index in [0.717, 1.165) is 11.4 Å². The molecular weight excluding hydrogens is 619 g/mol. The Morgan fingerprint density at radius 1 is 1.08 bits per heavy atom. The Labute approximate surface area is 279 Å². The number of carbonyl (C=O) groups is 2. The maximum atomic E-state index is 14.9. The van der Waals surface area contributed by atoms with Crippen LogP contribution in [0.3, 0.4) is 0 Å². The Balaban J connectivity index is 1.20. The lowest BCUT2D eigenvalue weighted by Gasteiger charge is -2.41. The van der Waals surface area contributed by atoms with Crippen LogP contribution in [0.15, 0.2) is 48.8 Å². The van der Waals surface area contributed by atoms with Gasteiger partial charge in [0, 0.05) is 55.6 Å². The van der Waals surface area contributed by atoms with E-state index in [1.807, 2.05) is 45.0 Å². The lowest BCUT2D eigenvalue weighted by Crippen LogP contribution is -2.54. The van der Waals surface area contributed by atoms with Gasteiger partial charge in [-0.05, 0) is 77.1 Å². The SMILES string of the molecule is CC1CN(C(=O)OC(C)(C)C)CCN1c1ccc(Nc2ncnc(-c3ccc(O[C@H]4CCN(C(=O)[C@H](C)O)C[C@H]4F)c(C#N)c3)n2)cc1. The highest BCUT2D eigenvalue weighted by Crippen LogP contribution is 2.29. The second-order valence-electron chi connectivity index (χ2n) is 13.0. The number of anilines is 3. The molecule has 0 aliphatic carbocycles. The largest absolute Gasteiger partial charge is 0.486 e. The minimum absolute atomic E-state index is 0.101. The van der Waals surface area contributed by atoms with Crippen LogP contribution in [0, 0.1) is 11.3 Å². The van der Waals surface area contributed by atoms with E-state index in [2.05, 4.69) is 38.2 Å². The summed E-state index contributed by atoms with van der Waals surface area (Å²) in [5.41, 5.74) is 1.99. The summed E-state index contributed by atoms with van der Waals surface area (Å²) < 4.78 is 26.3. The molecule has 4 atom stereocenters. The number of carbonyl (C=O) groups excluding carboxylic acids is 2. The Hall–Kier alpha value is -5.03. The van der Waals surface area contributed by atoms with E-state index in [-0.39, 0.29) is 43.0 Å². The number of nitriles is 1. The van der Waals surface area contributed by atoms with Crippen LogP contribution >= 0.6 is 0 Å². The van der Waals surface area contributed by atoms with Gasteiger partial charge in [0.15, 0.2) is 12.0 Å². The molecule has 3 aromatic rings. The molecule has 254 valence electrons. The summed E-state index contributed by atoms with van der Waals surface area (Å²) in [5, 5.41) is 22.5. The topological polar surface area (TPSA) is 157 Å². The van der Waals surface area contributed by atoms with E-state index in [0.29, 0.717) is 37.0 Å². The first-order valence-corrected chi connectivity index (χ1v) is 15.9. The van der Waals surface area contributed by atoms with Crippen LogP contribution in [-0.4, -0.2) is 105 Å². The van der Waals surface area contributed by atoms with E-state index in [9.17, 15) is 24.3 Å². The van der Waals surface area contributed by atoms with Crippen LogP contribution in [0.2, 0.25) is 0 Å². The third kappa shape index (κ3) is 8.27. The van der Waals surface area contributed by atoms with Gasteiger partial charge in [-0.3, -0.25) is 4.79 Å². The third-order valence-electron chi connectivity index (χ3n) is 8.09. The zero-order valence-corrected chi connectivity index (χ0v) is 27.8. The maximum Gasteiger partial charge on any atom is 0.410 e. The van der Waals surface area contributed by atoms with Gasteiger partial charge >= 0.3 is 6.09 Å². The fourth-order valence-electron chi connectivity index (χ4n) is 5.70. The van der Waals surface area contributed by atoms with Crippen molar-refractivity contribution < 1.29 is 28.6 Å². The van der Waals surface area contributed by atoms with Crippen molar-refractivity contribution >= 4 is 29.3 Å². The molecule has 2 amide bonds. The molecule has 14 heteroatoms. The Morgan fingerprint density at radius 2 is 1.83 bits per heavy atom. The number of rotatable bonds is 7. The van der Waals surface area contributed by atoms with Gasteiger partial charge < -0.3 is 34.6 Å². The molecule has 0 bridgehead atoms. The fourth-order valence-corrected chi connectivity index (χ4v) is 5.70. The van der Waals surface area contributed by atoms with Crippen LogP contribution < -0.4 is 15.0 Å². The number of nitrogens with one attached hydrogen (secondary N) is 1. The number of hydrogen-bond acceptors (Lipinski definition) is 11. The number of aromatic nitrogens is 3. The summed E-state index contributed by atoms with van der Waals surface area (Å²) in [6.07, 6.45) is -2.22. The van der Waals surface area contributed by atoms with Crippen molar-refractivity contribution in [3.05, 3.63) is 54.4 Å². The molecule has 2 aromatic carbocycles. The summed E-state index contributed by atoms with van der Waals surface area (Å²) in [5.74, 6) is 0.335. The fraction of sp³-hybridized carbons (Fsp3) is 0.471. The predicted octanol–water partition coefficient (Wildman–Crippen LogP) is 4.30. The molecule has 3 heterocycles. The number of benzene rings is 2. The van der Waals surface area contributed by atoms with Gasteiger partial charge in [-0.25, -0.2) is 19.2 Å². The Kier molecular flexibility index (Phi) is 10.3. The summed E-state index contributed by atoms with van der Waals surface area (Å²) in [6.45, 7) is 10.9. The van der Waals surface area contributed by atoms with E-state index in [1.54, 1.807) is 23.1 Å². The Morgan fingerprint density at radius 3 is 2.48 bits per heavy atom. The molecule has 1 aromatic heterocycles. The van der Waals surface area contributed by atoms with Crippen molar-refractivity contribution in [2.45, 2.75) is 71.1 Å². The highest BCUT2D eigenvalue weighted by Gasteiger charge is 2.35. The molecule has 1 unspecified atom stereocenters. The van der Waals surface area contributed by atoms with Gasteiger partial charge in [0.05, 0.1) is 12.1 Å². The van der Waals surface area contributed by atoms with Crippen LogP contribution in [0.4, 0.5) is 26.5 Å². The van der Waals surface area contributed by atoms with Crippen LogP contribution in [0.25, 0.3) is 11.4 Å². The van der Waals surface area contributed by atoms with E-state index >= 15 is 0 Å². The number of piperazine rings is 1. The average molecular weight is 661 g/mol. The maximum absolute atomic E-state index is 14.9. The third-order valence-corrected chi connectivity index (χ3v) is 8.09. The van der Waals surface area contributed by atoms with Gasteiger partial charge in [-0.2, -0.15) is 10.2 Å². The molecule has 0 spiro atoms. The first-order chi connectivity index (χ1) is 22.8. The number of halogens is 1. The molecule has 48 heavy (non-hydrogen) atoms. The van der Waals surface area contributed by atoms with E-state index in [1.165, 1.54) is 18.2 Å². The zero-order valence-electron chi connectivity index (χ0n) is 27.8. The number of ether oxygens (including phenoxy) is 2. The molecule has 2 aliphatic rings. The molecule has 0 saturated carbocycles. The van der Waals surface area contributed by atoms with Gasteiger partial charge in [0.25, 0.3) is 5.91 Å². The zero-order chi connectivity index (χ0) is 34.6. The van der Waals surface area contributed by atoms with E-state index < -0.39 is 29.9 Å². The first kappa shape index (κ1) is 34.3. The predicted molar refractivity (Wildman–Crippen MR) is 177 cm³/mol. The number of likely N-dealkylation sites (tertiary alicyclic amines) is 1. The number of piperidine rings is 1. The standard InChI is InChI=1S/C34H41FN8O5/c1-21-18-42(33(46)48-34(3,4)5)14-15-43(21)26-9-7-25(8-10-26)39-32-38-20-37-30(40-32)23-6-11-28(24(16-23)17-36)47-29-12-13-41(19-27(29)35)31(45)22(2)44/h6-11,16,20-22,27,29,44H,12-15,18-19H2,1-5H3,(H,37,38,39,40)/t21?,22-,27+,29-/m0/s1. The van der Waals surface area contributed by atoms with Gasteiger partial charge in [0.2, 0.25) is 5.95 Å². The van der Waals surface area contributed by atoms with Crippen molar-refractivity contribution in [3.63, 3.8) is 0 Å². The van der Waals surface area contributed by atoms with Crippen molar-refractivity contribution in [2.75, 3.05) is 42.9 Å². The lowest BCUT2D eigenvalue weighted by atomic mass is 10.0. The number of hydrogen-bond donors (Lipinski definition) is 2. The smallest absolute Gasteiger partial charge is 0.410 e. The van der Waals surface area contributed by atoms with Gasteiger partial charge in [0.1, 0.15) is 36.0 Å². The van der Waals surface area contributed by atoms with Gasteiger partial charge in [-0.1, -0.05) is 0 Å². The molecule has 2 aliphatic heterocycles. The molecule has 0 radical (unpaired) electrons. The lowest BCUT2D eigenvalue weighted by molar-refractivity contribution is -0.143. The second kappa shape index (κ2) is 14.4. The molecule has 2 saturated heterocycles. The van der Waals surface area contributed by atoms with Crippen LogP contribution in [-0.2, 0) is 9.53 Å². The molecule has 13 nitrogen and oxygen atoms in total. The Bertz CT molecular complexity index is 1660. The number of amides is 2. The number of nitrogens with zero attached hydrogens (tertiary/aromatic N) is 7. The van der Waals surface area contributed by atoms with Crippen LogP contribution in [0.5, 0.6) is 5.75 Å². The first-order valence-electron chi connectivity index (χ1n) is 15.9. The second-order valence-corrected chi connectivity index (χ2v) is 13.0. The molecule has 5 rings (SSSR count). The molecule has 2 fully saturated rings. The van der Waals surface area contributed by atoms with Crippen LogP contribution in [0.1, 0.15) is 46.6 Å². The normalized spacial score (nSPS) is 20.5. The van der Waals surface area contributed by atoms with Crippen molar-refractivity contribution in [3.8, 4) is 23.2 Å². The average Bonchev–Trinajstić information content (AvgIpc) is 3.05.